The van der Waals surface area contributed by atoms with E-state index >= 15 is 0 Å². The number of aryl methyl sites for hydroxylation is 1. The molecule has 1 N–H and O–H groups in total. The van der Waals surface area contributed by atoms with Crippen LogP contribution in [0.5, 0.6) is 0 Å². The molecule has 2 aromatic heterocycles. The normalized spacial score (nSPS) is 11.2. The lowest BCUT2D eigenvalue weighted by atomic mass is 10.0. The maximum absolute atomic E-state index is 12.6. The topological polar surface area (TPSA) is 89.8 Å². The van der Waals surface area contributed by atoms with E-state index in [1.54, 1.807) is 12.1 Å². The zero-order valence-electron chi connectivity index (χ0n) is 16.9. The molecular formula is C22H21N5O2S. The minimum Gasteiger partial charge on any atom is -0.299 e. The highest BCUT2D eigenvalue weighted by atomic mass is 32.1. The number of nitrogens with one attached hydrogen (secondary N) is 1. The second-order valence-electron chi connectivity index (χ2n) is 7.33. The van der Waals surface area contributed by atoms with Gasteiger partial charge in [-0.1, -0.05) is 67.6 Å². The predicted molar refractivity (Wildman–Crippen MR) is 119 cm³/mol. The number of nitrogens with zero attached hydrogens (tertiary/aromatic N) is 4. The van der Waals surface area contributed by atoms with Gasteiger partial charge in [-0.2, -0.15) is 5.10 Å². The predicted octanol–water partition coefficient (Wildman–Crippen LogP) is 3.99. The third kappa shape index (κ3) is 3.99. The van der Waals surface area contributed by atoms with Crippen molar-refractivity contribution in [2.24, 2.45) is 0 Å². The van der Waals surface area contributed by atoms with Crippen LogP contribution in [0.3, 0.4) is 0 Å². The molecule has 0 atom stereocenters. The van der Waals surface area contributed by atoms with E-state index in [1.165, 1.54) is 21.6 Å². The Bertz CT molecular complexity index is 1270. The number of hydrogen-bond acceptors (Lipinski definition) is 6. The van der Waals surface area contributed by atoms with Gasteiger partial charge >= 0.3 is 0 Å². The van der Waals surface area contributed by atoms with E-state index in [0.717, 1.165) is 16.0 Å². The first-order valence-electron chi connectivity index (χ1n) is 9.62. The van der Waals surface area contributed by atoms with E-state index in [0.29, 0.717) is 22.1 Å². The van der Waals surface area contributed by atoms with Crippen molar-refractivity contribution < 1.29 is 4.79 Å². The third-order valence-electron chi connectivity index (χ3n) is 4.84. The first-order valence-corrected chi connectivity index (χ1v) is 10.4. The lowest BCUT2D eigenvalue weighted by Gasteiger charge is -2.08. The fourth-order valence-corrected chi connectivity index (χ4v) is 3.97. The molecule has 2 heterocycles. The summed E-state index contributed by atoms with van der Waals surface area (Å²) in [4.78, 5) is 25.1. The Hall–Kier alpha value is -3.39. The second kappa shape index (κ2) is 8.16. The van der Waals surface area contributed by atoms with Crippen LogP contribution in [0.25, 0.3) is 21.3 Å². The summed E-state index contributed by atoms with van der Waals surface area (Å²) in [6.45, 7) is 5.91. The van der Waals surface area contributed by atoms with Gasteiger partial charge < -0.3 is 0 Å². The molecule has 0 spiro atoms. The summed E-state index contributed by atoms with van der Waals surface area (Å²) in [6, 6.07) is 15.4. The molecule has 4 aromatic rings. The molecule has 0 bridgehead atoms. The standard InChI is InChI=1S/C22H21N5O2S/c1-13(2)15-8-10-16(11-9-15)20-24-25-22(30-20)23-19(28)12-27-21(29)18-7-5-4-6-17(18)14(3)26-27/h4-11,13H,12H2,1-3H3,(H,23,25,28). The molecule has 152 valence electrons. The van der Waals surface area contributed by atoms with Gasteiger partial charge in [0, 0.05) is 10.9 Å². The molecule has 0 aliphatic rings. The molecule has 0 fully saturated rings. The van der Waals surface area contributed by atoms with E-state index in [4.69, 9.17) is 0 Å². The van der Waals surface area contributed by atoms with Crippen molar-refractivity contribution in [1.82, 2.24) is 20.0 Å². The van der Waals surface area contributed by atoms with Gasteiger partial charge in [0.2, 0.25) is 11.0 Å². The van der Waals surface area contributed by atoms with E-state index in [9.17, 15) is 9.59 Å². The van der Waals surface area contributed by atoms with E-state index < -0.39 is 0 Å². The number of benzene rings is 2. The van der Waals surface area contributed by atoms with Crippen molar-refractivity contribution in [3.8, 4) is 10.6 Å². The molecule has 2 aromatic carbocycles. The zero-order valence-corrected chi connectivity index (χ0v) is 17.7. The highest BCUT2D eigenvalue weighted by Crippen LogP contribution is 2.27. The smallest absolute Gasteiger partial charge is 0.275 e. The van der Waals surface area contributed by atoms with Crippen LogP contribution in [-0.2, 0) is 11.3 Å². The number of hydrogen-bond donors (Lipinski definition) is 1. The number of fused-ring (bicyclic) bond motifs is 1. The van der Waals surface area contributed by atoms with Gasteiger partial charge in [0.15, 0.2) is 0 Å². The molecule has 0 aliphatic carbocycles. The van der Waals surface area contributed by atoms with Crippen LogP contribution >= 0.6 is 11.3 Å². The lowest BCUT2D eigenvalue weighted by Crippen LogP contribution is -2.30. The fourth-order valence-electron chi connectivity index (χ4n) is 3.21. The van der Waals surface area contributed by atoms with Gasteiger partial charge in [-0.15, -0.1) is 10.2 Å². The molecule has 30 heavy (non-hydrogen) atoms. The van der Waals surface area contributed by atoms with Crippen LogP contribution in [0, 0.1) is 6.92 Å². The number of aromatic nitrogens is 4. The highest BCUT2D eigenvalue weighted by molar-refractivity contribution is 7.18. The quantitative estimate of drug-likeness (QED) is 0.528. The van der Waals surface area contributed by atoms with Crippen LogP contribution in [0.15, 0.2) is 53.3 Å². The largest absolute Gasteiger partial charge is 0.299 e. The second-order valence-corrected chi connectivity index (χ2v) is 8.31. The van der Waals surface area contributed by atoms with Gasteiger partial charge in [0.1, 0.15) is 11.6 Å². The number of anilines is 1. The summed E-state index contributed by atoms with van der Waals surface area (Å²) >= 11 is 1.29. The third-order valence-corrected chi connectivity index (χ3v) is 5.73. The van der Waals surface area contributed by atoms with E-state index in [1.807, 2.05) is 31.2 Å². The maximum Gasteiger partial charge on any atom is 0.275 e. The van der Waals surface area contributed by atoms with Crippen LogP contribution < -0.4 is 10.9 Å². The van der Waals surface area contributed by atoms with Crippen LogP contribution in [-0.4, -0.2) is 25.9 Å². The van der Waals surface area contributed by atoms with Gasteiger partial charge in [0.25, 0.3) is 5.56 Å². The van der Waals surface area contributed by atoms with Crippen LogP contribution in [0.1, 0.15) is 31.0 Å². The van der Waals surface area contributed by atoms with Crippen molar-refractivity contribution in [3.05, 3.63) is 70.1 Å². The number of carbonyl (C=O) groups is 1. The van der Waals surface area contributed by atoms with E-state index in [2.05, 4.69) is 46.6 Å². The molecule has 0 radical (unpaired) electrons. The highest BCUT2D eigenvalue weighted by Gasteiger charge is 2.14. The van der Waals surface area contributed by atoms with Gasteiger partial charge in [0.05, 0.1) is 11.1 Å². The maximum atomic E-state index is 12.6. The van der Waals surface area contributed by atoms with Gasteiger partial charge in [-0.25, -0.2) is 4.68 Å². The number of carbonyl (C=O) groups excluding carboxylic acids is 1. The van der Waals surface area contributed by atoms with Crippen molar-refractivity contribution >= 4 is 33.1 Å². The molecule has 0 unspecified atom stereocenters. The molecular weight excluding hydrogens is 398 g/mol. The van der Waals surface area contributed by atoms with E-state index in [-0.39, 0.29) is 18.0 Å². The molecule has 4 rings (SSSR count). The minimum absolute atomic E-state index is 0.192. The summed E-state index contributed by atoms with van der Waals surface area (Å²) in [7, 11) is 0. The van der Waals surface area contributed by atoms with Crippen molar-refractivity contribution in [1.29, 1.82) is 0 Å². The first kappa shape index (κ1) is 19.9. The van der Waals surface area contributed by atoms with Crippen LogP contribution in [0.2, 0.25) is 0 Å². The summed E-state index contributed by atoms with van der Waals surface area (Å²) in [6.07, 6.45) is 0. The Kier molecular flexibility index (Phi) is 5.41. The molecule has 0 saturated heterocycles. The molecule has 1 amide bonds. The van der Waals surface area contributed by atoms with Crippen LogP contribution in [0.4, 0.5) is 5.13 Å². The molecule has 0 saturated carbocycles. The average molecular weight is 420 g/mol. The average Bonchev–Trinajstić information content (AvgIpc) is 3.20. The zero-order chi connectivity index (χ0) is 21.3. The van der Waals surface area contributed by atoms with Crippen molar-refractivity contribution in [2.45, 2.75) is 33.2 Å². The van der Waals surface area contributed by atoms with Crippen molar-refractivity contribution in [2.75, 3.05) is 5.32 Å². The minimum atomic E-state index is -0.378. The summed E-state index contributed by atoms with van der Waals surface area (Å²) < 4.78 is 1.18. The van der Waals surface area contributed by atoms with Crippen molar-refractivity contribution in [3.63, 3.8) is 0 Å². The first-order chi connectivity index (χ1) is 14.4. The summed E-state index contributed by atoms with van der Waals surface area (Å²) in [5.74, 6) is 0.0798. The molecule has 7 nitrogen and oxygen atoms in total. The lowest BCUT2D eigenvalue weighted by molar-refractivity contribution is -0.117. The molecule has 0 aliphatic heterocycles. The van der Waals surface area contributed by atoms with Gasteiger partial charge in [-0.3, -0.25) is 14.9 Å². The SMILES string of the molecule is Cc1nn(CC(=O)Nc2nnc(-c3ccc(C(C)C)cc3)s2)c(=O)c2ccccc12. The number of rotatable bonds is 5. The number of amides is 1. The monoisotopic (exact) mass is 419 g/mol. The summed E-state index contributed by atoms with van der Waals surface area (Å²) in [5, 5.41) is 17.6. The Morgan fingerprint density at radius 1 is 1.07 bits per heavy atom. The Labute approximate surface area is 177 Å². The molecule has 8 heteroatoms. The summed E-state index contributed by atoms with van der Waals surface area (Å²) in [5.41, 5.74) is 2.59. The van der Waals surface area contributed by atoms with Gasteiger partial charge in [-0.05, 0) is 24.5 Å². The Morgan fingerprint density at radius 2 is 1.77 bits per heavy atom. The Balaban J connectivity index is 1.50. The fraction of sp³-hybridized carbons (Fsp3) is 0.227. The Morgan fingerprint density at radius 3 is 2.47 bits per heavy atom.